The molecule has 3 heteroatoms. The van der Waals surface area contributed by atoms with Gasteiger partial charge < -0.3 is 9.73 Å². The van der Waals surface area contributed by atoms with Crippen LogP contribution in [0.1, 0.15) is 48.1 Å². The van der Waals surface area contributed by atoms with E-state index in [-0.39, 0.29) is 6.04 Å². The Hall–Kier alpha value is -1.25. The number of benzene rings is 1. The molecule has 0 bridgehead atoms. The summed E-state index contributed by atoms with van der Waals surface area (Å²) in [7, 11) is 0. The van der Waals surface area contributed by atoms with E-state index in [1.165, 1.54) is 11.1 Å². The lowest BCUT2D eigenvalue weighted by atomic mass is 9.99. The van der Waals surface area contributed by atoms with E-state index in [9.17, 15) is 0 Å². The van der Waals surface area contributed by atoms with E-state index in [2.05, 4.69) is 39.1 Å². The highest BCUT2D eigenvalue weighted by atomic mass is 35.5. The molecule has 1 heterocycles. The number of halogens is 1. The lowest BCUT2D eigenvalue weighted by molar-refractivity contribution is 0.426. The second-order valence-electron chi connectivity index (χ2n) is 5.11. The van der Waals surface area contributed by atoms with E-state index in [1.54, 1.807) is 0 Å². The molecule has 0 saturated heterocycles. The van der Waals surface area contributed by atoms with Crippen LogP contribution in [0, 0.1) is 13.8 Å². The molecular formula is C17H22ClNO. The van der Waals surface area contributed by atoms with E-state index in [0.717, 1.165) is 35.1 Å². The van der Waals surface area contributed by atoms with Gasteiger partial charge in [0.1, 0.15) is 11.5 Å². The molecular weight excluding hydrogens is 270 g/mol. The molecule has 1 aromatic carbocycles. The van der Waals surface area contributed by atoms with Crippen molar-refractivity contribution >= 4 is 11.6 Å². The third kappa shape index (κ3) is 3.08. The molecule has 0 amide bonds. The molecule has 0 spiro atoms. The van der Waals surface area contributed by atoms with Crippen molar-refractivity contribution in [2.24, 2.45) is 0 Å². The Morgan fingerprint density at radius 2 is 1.85 bits per heavy atom. The molecule has 2 nitrogen and oxygen atoms in total. The monoisotopic (exact) mass is 291 g/mol. The van der Waals surface area contributed by atoms with E-state index in [4.69, 9.17) is 16.0 Å². The lowest BCUT2D eigenvalue weighted by Crippen LogP contribution is -2.22. The fourth-order valence-electron chi connectivity index (χ4n) is 2.33. The predicted octanol–water partition coefficient (Wildman–Crippen LogP) is 4.81. The summed E-state index contributed by atoms with van der Waals surface area (Å²) in [6.07, 6.45) is 0.902. The van der Waals surface area contributed by atoms with Crippen LogP contribution < -0.4 is 5.32 Å². The average Bonchev–Trinajstić information content (AvgIpc) is 2.89. The van der Waals surface area contributed by atoms with Gasteiger partial charge >= 0.3 is 0 Å². The zero-order chi connectivity index (χ0) is 14.7. The Labute approximate surface area is 126 Å². The number of furan rings is 1. The smallest absolute Gasteiger partial charge is 0.125 e. The number of nitrogens with one attached hydrogen (secondary N) is 1. The maximum absolute atomic E-state index is 6.44. The van der Waals surface area contributed by atoms with Gasteiger partial charge in [0.25, 0.3) is 0 Å². The van der Waals surface area contributed by atoms with Gasteiger partial charge in [-0.1, -0.05) is 31.5 Å². The predicted molar refractivity (Wildman–Crippen MR) is 84.5 cm³/mol. The first-order chi connectivity index (χ1) is 9.56. The van der Waals surface area contributed by atoms with E-state index in [0.29, 0.717) is 0 Å². The molecule has 0 aliphatic carbocycles. The normalized spacial score (nSPS) is 12.7. The summed E-state index contributed by atoms with van der Waals surface area (Å²) in [6.45, 7) is 9.22. The number of hydrogen-bond donors (Lipinski definition) is 1. The van der Waals surface area contributed by atoms with Crippen LogP contribution in [0.5, 0.6) is 0 Å². The molecule has 1 aromatic heterocycles. The Balaban J connectivity index is 2.45. The van der Waals surface area contributed by atoms with Crippen molar-refractivity contribution in [2.75, 3.05) is 6.54 Å². The van der Waals surface area contributed by atoms with Crippen LogP contribution >= 0.6 is 11.6 Å². The average molecular weight is 292 g/mol. The highest BCUT2D eigenvalue weighted by molar-refractivity contribution is 6.31. The minimum absolute atomic E-state index is 0.00657. The van der Waals surface area contributed by atoms with Gasteiger partial charge in [0.05, 0.1) is 6.04 Å². The van der Waals surface area contributed by atoms with Gasteiger partial charge in [-0.25, -0.2) is 0 Å². The summed E-state index contributed by atoms with van der Waals surface area (Å²) in [6, 6.07) is 8.26. The SMILES string of the molecule is CCNC(c1ccc(CC)o1)c1cc(C)c(C)cc1Cl. The van der Waals surface area contributed by atoms with Crippen LogP contribution in [-0.4, -0.2) is 6.54 Å². The molecule has 2 rings (SSSR count). The third-order valence-corrected chi connectivity index (χ3v) is 3.98. The highest BCUT2D eigenvalue weighted by Crippen LogP contribution is 2.31. The molecule has 0 aliphatic rings. The number of hydrogen-bond acceptors (Lipinski definition) is 2. The van der Waals surface area contributed by atoms with Crippen molar-refractivity contribution in [2.45, 2.75) is 40.2 Å². The van der Waals surface area contributed by atoms with Gasteiger partial charge in [-0.05, 0) is 55.3 Å². The molecule has 2 aromatic rings. The largest absolute Gasteiger partial charge is 0.464 e. The van der Waals surface area contributed by atoms with Crippen LogP contribution in [0.3, 0.4) is 0 Å². The first kappa shape index (κ1) is 15.1. The minimum Gasteiger partial charge on any atom is -0.464 e. The molecule has 1 N–H and O–H groups in total. The summed E-state index contributed by atoms with van der Waals surface area (Å²) >= 11 is 6.44. The molecule has 20 heavy (non-hydrogen) atoms. The van der Waals surface area contributed by atoms with E-state index in [1.807, 2.05) is 18.2 Å². The van der Waals surface area contributed by atoms with Crippen LogP contribution in [0.2, 0.25) is 5.02 Å². The third-order valence-electron chi connectivity index (χ3n) is 3.65. The molecule has 108 valence electrons. The highest BCUT2D eigenvalue weighted by Gasteiger charge is 2.20. The molecule has 0 aliphatic heterocycles. The molecule has 1 atom stereocenters. The van der Waals surface area contributed by atoms with Crippen molar-refractivity contribution in [1.29, 1.82) is 0 Å². The van der Waals surface area contributed by atoms with Crippen LogP contribution in [0.25, 0.3) is 0 Å². The zero-order valence-corrected chi connectivity index (χ0v) is 13.3. The van der Waals surface area contributed by atoms with Gasteiger partial charge in [0, 0.05) is 11.4 Å². The summed E-state index contributed by atoms with van der Waals surface area (Å²) in [5.41, 5.74) is 3.53. The number of rotatable bonds is 5. The maximum Gasteiger partial charge on any atom is 0.125 e. The second kappa shape index (κ2) is 6.47. The Morgan fingerprint density at radius 3 is 2.45 bits per heavy atom. The van der Waals surface area contributed by atoms with Crippen LogP contribution in [0.4, 0.5) is 0 Å². The fraction of sp³-hybridized carbons (Fsp3) is 0.412. The Morgan fingerprint density at radius 1 is 1.15 bits per heavy atom. The van der Waals surface area contributed by atoms with Gasteiger partial charge in [0.15, 0.2) is 0 Å². The van der Waals surface area contributed by atoms with Gasteiger partial charge in [0.2, 0.25) is 0 Å². The summed E-state index contributed by atoms with van der Waals surface area (Å²) in [5, 5.41) is 4.25. The van der Waals surface area contributed by atoms with Crippen molar-refractivity contribution < 1.29 is 4.42 Å². The van der Waals surface area contributed by atoms with Crippen LogP contribution in [-0.2, 0) is 6.42 Å². The van der Waals surface area contributed by atoms with Crippen molar-refractivity contribution in [1.82, 2.24) is 5.32 Å². The molecule has 0 fully saturated rings. The Bertz CT molecular complexity index is 589. The van der Waals surface area contributed by atoms with Crippen molar-refractivity contribution in [3.05, 3.63) is 57.5 Å². The Kier molecular flexibility index (Phi) is 4.90. The minimum atomic E-state index is 0.00657. The first-order valence-electron chi connectivity index (χ1n) is 7.15. The van der Waals surface area contributed by atoms with Crippen LogP contribution in [0.15, 0.2) is 28.7 Å². The van der Waals surface area contributed by atoms with Gasteiger partial charge in [-0.15, -0.1) is 0 Å². The van der Waals surface area contributed by atoms with E-state index >= 15 is 0 Å². The first-order valence-corrected chi connectivity index (χ1v) is 7.53. The second-order valence-corrected chi connectivity index (χ2v) is 5.51. The standard InChI is InChI=1S/C17H22ClNO/c1-5-13-7-8-16(20-13)17(19-6-2)14-9-11(3)12(4)10-15(14)18/h7-10,17,19H,5-6H2,1-4H3. The maximum atomic E-state index is 6.44. The van der Waals surface area contributed by atoms with Gasteiger partial charge in [-0.2, -0.15) is 0 Å². The van der Waals surface area contributed by atoms with Gasteiger partial charge in [-0.3, -0.25) is 0 Å². The van der Waals surface area contributed by atoms with Crippen molar-refractivity contribution in [3.8, 4) is 0 Å². The topological polar surface area (TPSA) is 25.2 Å². The lowest BCUT2D eigenvalue weighted by Gasteiger charge is -2.19. The zero-order valence-electron chi connectivity index (χ0n) is 12.6. The fourth-order valence-corrected chi connectivity index (χ4v) is 2.66. The molecule has 0 saturated carbocycles. The quantitative estimate of drug-likeness (QED) is 0.855. The molecule has 1 unspecified atom stereocenters. The summed E-state index contributed by atoms with van der Waals surface area (Å²) in [4.78, 5) is 0. The van der Waals surface area contributed by atoms with E-state index < -0.39 is 0 Å². The summed E-state index contributed by atoms with van der Waals surface area (Å²) in [5.74, 6) is 1.93. The number of aryl methyl sites for hydroxylation is 3. The van der Waals surface area contributed by atoms with Crippen molar-refractivity contribution in [3.63, 3.8) is 0 Å². The molecule has 0 radical (unpaired) electrons. The summed E-state index contributed by atoms with van der Waals surface area (Å²) < 4.78 is 5.91.